The second kappa shape index (κ2) is 8.98. The molecule has 1 amide bonds. The Bertz CT molecular complexity index is 1470. The van der Waals surface area contributed by atoms with Gasteiger partial charge in [0, 0.05) is 64.2 Å². The van der Waals surface area contributed by atoms with Crippen LogP contribution >= 0.6 is 0 Å². The number of nitrogens with zero attached hydrogens (tertiary/aromatic N) is 6. The number of aromatic nitrogens is 5. The molecule has 4 aromatic rings. The van der Waals surface area contributed by atoms with Crippen molar-refractivity contribution in [2.75, 3.05) is 25.0 Å². The topological polar surface area (TPSA) is 100 Å². The number of anilines is 1. The molecule has 0 unspecified atom stereocenters. The second-order valence-electron chi connectivity index (χ2n) is 9.26. The molecule has 1 saturated heterocycles. The van der Waals surface area contributed by atoms with Crippen LogP contribution in [-0.2, 0) is 7.05 Å². The van der Waals surface area contributed by atoms with Crippen LogP contribution in [0.5, 0.6) is 0 Å². The van der Waals surface area contributed by atoms with E-state index in [0.29, 0.717) is 16.5 Å². The summed E-state index contributed by atoms with van der Waals surface area (Å²) in [5.41, 5.74) is 4.48. The summed E-state index contributed by atoms with van der Waals surface area (Å²) in [6.45, 7) is 5.48. The first-order valence-corrected chi connectivity index (χ1v) is 11.8. The average Bonchev–Trinajstić information content (AvgIpc) is 3.27. The Kier molecular flexibility index (Phi) is 5.84. The Morgan fingerprint density at radius 1 is 1.17 bits per heavy atom. The minimum Gasteiger partial charge on any atom is -0.356 e. The molecule has 1 aliphatic heterocycles. The molecule has 1 aliphatic rings. The maximum absolute atomic E-state index is 13.5. The van der Waals surface area contributed by atoms with Crippen LogP contribution < -0.4 is 10.5 Å². The Labute approximate surface area is 204 Å². The van der Waals surface area contributed by atoms with Gasteiger partial charge in [-0.25, -0.2) is 9.97 Å². The first-order chi connectivity index (χ1) is 16.8. The second-order valence-corrected chi connectivity index (χ2v) is 9.26. The van der Waals surface area contributed by atoms with Crippen molar-refractivity contribution >= 4 is 22.6 Å². The number of fused-ring (bicyclic) bond motifs is 1. The fourth-order valence-corrected chi connectivity index (χ4v) is 4.88. The zero-order valence-corrected chi connectivity index (χ0v) is 20.4. The van der Waals surface area contributed by atoms with Crippen LogP contribution in [0.3, 0.4) is 0 Å². The number of hydrogen-bond donors (Lipinski definition) is 1. The van der Waals surface area contributed by atoms with Crippen molar-refractivity contribution in [3.05, 3.63) is 70.2 Å². The highest BCUT2D eigenvalue weighted by Crippen LogP contribution is 2.26. The van der Waals surface area contributed by atoms with Crippen molar-refractivity contribution in [3.8, 4) is 11.4 Å². The summed E-state index contributed by atoms with van der Waals surface area (Å²) < 4.78 is 1.47. The van der Waals surface area contributed by atoms with Gasteiger partial charge in [-0.15, -0.1) is 0 Å². The average molecular weight is 474 g/mol. The zero-order valence-electron chi connectivity index (χ0n) is 20.4. The lowest BCUT2D eigenvalue weighted by Crippen LogP contribution is -2.46. The summed E-state index contributed by atoms with van der Waals surface area (Å²) in [5.74, 6) is 0.799. The molecule has 1 N–H and O–H groups in total. The third-order valence-electron chi connectivity index (χ3n) is 6.89. The number of nitrogens with one attached hydrogen (secondary N) is 1. The van der Waals surface area contributed by atoms with Gasteiger partial charge in [0.25, 0.3) is 11.5 Å². The Balaban J connectivity index is 0.00000304. The molecule has 35 heavy (non-hydrogen) atoms. The van der Waals surface area contributed by atoms with Crippen molar-refractivity contribution in [3.63, 3.8) is 0 Å². The fourth-order valence-electron chi connectivity index (χ4n) is 4.88. The minimum atomic E-state index is -0.134. The largest absolute Gasteiger partial charge is 0.356 e. The van der Waals surface area contributed by atoms with Gasteiger partial charge >= 0.3 is 0 Å². The number of pyridine rings is 2. The molecule has 0 aliphatic carbocycles. The zero-order chi connectivity index (χ0) is 24.7. The molecule has 182 valence electrons. The van der Waals surface area contributed by atoms with E-state index in [1.54, 1.807) is 25.8 Å². The lowest BCUT2D eigenvalue weighted by atomic mass is 10.0. The van der Waals surface area contributed by atoms with Crippen LogP contribution in [0.4, 0.5) is 5.82 Å². The number of carbonyl (C=O) groups excluding carboxylic acids is 1. The summed E-state index contributed by atoms with van der Waals surface area (Å²) in [4.78, 5) is 46.5. The predicted octanol–water partition coefficient (Wildman–Crippen LogP) is 3.32. The predicted molar refractivity (Wildman–Crippen MR) is 138 cm³/mol. The van der Waals surface area contributed by atoms with Crippen LogP contribution in [0, 0.1) is 13.8 Å². The van der Waals surface area contributed by atoms with E-state index in [1.807, 2.05) is 50.1 Å². The van der Waals surface area contributed by atoms with Crippen LogP contribution in [0.15, 0.2) is 47.8 Å². The van der Waals surface area contributed by atoms with Crippen molar-refractivity contribution in [2.24, 2.45) is 7.05 Å². The highest BCUT2D eigenvalue weighted by Gasteiger charge is 2.28. The summed E-state index contributed by atoms with van der Waals surface area (Å²) in [5, 5.41) is 0.679. The van der Waals surface area contributed by atoms with Crippen molar-refractivity contribution in [1.82, 2.24) is 29.4 Å². The quantitative estimate of drug-likeness (QED) is 0.488. The summed E-state index contributed by atoms with van der Waals surface area (Å²) in [7, 11) is 3.53. The molecule has 9 heteroatoms. The van der Waals surface area contributed by atoms with E-state index in [4.69, 9.17) is 0 Å². The Hall–Kier alpha value is -4.01. The molecule has 5 rings (SSSR count). The van der Waals surface area contributed by atoms with Crippen LogP contribution in [-0.4, -0.2) is 61.5 Å². The van der Waals surface area contributed by atoms with Gasteiger partial charge < -0.3 is 19.4 Å². The first-order valence-electron chi connectivity index (χ1n) is 11.8. The fraction of sp³-hybridized carbons (Fsp3) is 0.346. The van der Waals surface area contributed by atoms with E-state index in [2.05, 4.69) is 24.8 Å². The van der Waals surface area contributed by atoms with E-state index in [-0.39, 0.29) is 18.9 Å². The molecule has 0 spiro atoms. The first kappa shape index (κ1) is 22.8. The third kappa shape index (κ3) is 4.18. The van der Waals surface area contributed by atoms with Crippen molar-refractivity contribution in [2.45, 2.75) is 32.7 Å². The highest BCUT2D eigenvalue weighted by atomic mass is 16.2. The smallest absolute Gasteiger partial charge is 0.274 e. The number of hydrogen-bond acceptors (Lipinski definition) is 6. The maximum atomic E-state index is 13.5. The SMILES string of the molecule is Cc1cc2c(C(=O)N(C)C3CCN(c4cc(-c5ncccc5C)ncn4)CC3)cn(C)c(=O)c2[nH]1.[HH]. The number of aryl methyl sites for hydroxylation is 3. The molecule has 4 aromatic heterocycles. The summed E-state index contributed by atoms with van der Waals surface area (Å²) in [6.07, 6.45) is 6.66. The summed E-state index contributed by atoms with van der Waals surface area (Å²) >= 11 is 0. The van der Waals surface area contributed by atoms with Gasteiger partial charge in [-0.2, -0.15) is 0 Å². The van der Waals surface area contributed by atoms with E-state index in [9.17, 15) is 9.59 Å². The molecule has 0 saturated carbocycles. The number of rotatable bonds is 4. The van der Waals surface area contributed by atoms with Gasteiger partial charge in [0.2, 0.25) is 0 Å². The van der Waals surface area contributed by atoms with E-state index >= 15 is 0 Å². The van der Waals surface area contributed by atoms with Gasteiger partial charge in [-0.05, 0) is 44.4 Å². The van der Waals surface area contributed by atoms with Crippen LogP contribution in [0.1, 0.15) is 35.9 Å². The van der Waals surface area contributed by atoms with Crippen molar-refractivity contribution < 1.29 is 6.22 Å². The molecule has 1 fully saturated rings. The van der Waals surface area contributed by atoms with E-state index < -0.39 is 0 Å². The highest BCUT2D eigenvalue weighted by molar-refractivity contribution is 6.06. The molecular formula is C26H31N7O2. The third-order valence-corrected chi connectivity index (χ3v) is 6.89. The monoisotopic (exact) mass is 473 g/mol. The number of amides is 1. The lowest BCUT2D eigenvalue weighted by molar-refractivity contribution is 0.0710. The van der Waals surface area contributed by atoms with E-state index in [0.717, 1.165) is 54.4 Å². The van der Waals surface area contributed by atoms with Crippen LogP contribution in [0.25, 0.3) is 22.3 Å². The van der Waals surface area contributed by atoms with Gasteiger partial charge in [-0.1, -0.05) is 6.07 Å². The molecule has 0 atom stereocenters. The van der Waals surface area contributed by atoms with Crippen molar-refractivity contribution in [1.29, 1.82) is 0 Å². The number of aromatic amines is 1. The molecular weight excluding hydrogens is 442 g/mol. The van der Waals surface area contributed by atoms with Crippen LogP contribution in [0.2, 0.25) is 0 Å². The number of piperidine rings is 1. The molecule has 5 heterocycles. The number of carbonyl (C=O) groups is 1. The normalized spacial score (nSPS) is 14.5. The number of H-pyrrole nitrogens is 1. The minimum absolute atomic E-state index is 0. The van der Waals surface area contributed by atoms with Gasteiger partial charge in [0.05, 0.1) is 17.0 Å². The van der Waals surface area contributed by atoms with Gasteiger partial charge in [0.15, 0.2) is 0 Å². The molecule has 9 nitrogen and oxygen atoms in total. The van der Waals surface area contributed by atoms with E-state index in [1.165, 1.54) is 4.57 Å². The van der Waals surface area contributed by atoms with Gasteiger partial charge in [0.1, 0.15) is 17.7 Å². The Morgan fingerprint density at radius 2 is 1.94 bits per heavy atom. The molecule has 0 aromatic carbocycles. The molecule has 0 radical (unpaired) electrons. The van der Waals surface area contributed by atoms with Gasteiger partial charge in [-0.3, -0.25) is 14.6 Å². The maximum Gasteiger partial charge on any atom is 0.274 e. The Morgan fingerprint density at radius 3 is 2.69 bits per heavy atom. The summed E-state index contributed by atoms with van der Waals surface area (Å²) in [6, 6.07) is 7.90. The molecule has 0 bridgehead atoms. The standard InChI is InChI=1S/C26H29N7O2.H2/c1-16-6-5-9-27-23(16)21-13-22(29-15-28-21)33-10-7-18(8-11-33)32(4)25(34)20-14-31(3)26(35)24-19(20)12-17(2)30-24;/h5-6,9,12-15,18,30H,7-8,10-11H2,1-4H3;1H. The lowest BCUT2D eigenvalue weighted by Gasteiger charge is -2.37.